The van der Waals surface area contributed by atoms with Crippen LogP contribution in [0.5, 0.6) is 0 Å². The van der Waals surface area contributed by atoms with Crippen LogP contribution in [0.4, 0.5) is 0 Å². The van der Waals surface area contributed by atoms with Crippen LogP contribution >= 0.6 is 0 Å². The Labute approximate surface area is 95.8 Å². The van der Waals surface area contributed by atoms with Crippen LogP contribution in [0.3, 0.4) is 0 Å². The van der Waals surface area contributed by atoms with E-state index in [1.54, 1.807) is 0 Å². The zero-order chi connectivity index (χ0) is 11.5. The predicted molar refractivity (Wildman–Crippen MR) is 67.3 cm³/mol. The molecule has 0 aromatic heterocycles. The second kappa shape index (κ2) is 10.4. The highest BCUT2D eigenvalue weighted by molar-refractivity contribution is 4.64. The topological polar surface area (TPSA) is 21.3 Å². The summed E-state index contributed by atoms with van der Waals surface area (Å²) >= 11 is 0. The van der Waals surface area contributed by atoms with Gasteiger partial charge in [-0.15, -0.1) is 0 Å². The van der Waals surface area contributed by atoms with Gasteiger partial charge in [-0.1, -0.05) is 27.2 Å². The Balaban J connectivity index is 3.53. The highest BCUT2D eigenvalue weighted by atomic mass is 16.5. The standard InChI is InChI=1S/C13H29NO/c1-5-8-13(11-14-12(3)4)9-7-10-15-6-2/h12-14H,5-11H2,1-4H3. The van der Waals surface area contributed by atoms with Gasteiger partial charge in [-0.05, 0) is 38.6 Å². The molecule has 0 heterocycles. The number of rotatable bonds is 10. The zero-order valence-electron chi connectivity index (χ0n) is 11.0. The Hall–Kier alpha value is -0.0800. The van der Waals surface area contributed by atoms with Crippen LogP contribution in [0.25, 0.3) is 0 Å². The van der Waals surface area contributed by atoms with Crippen molar-refractivity contribution in [3.8, 4) is 0 Å². The lowest BCUT2D eigenvalue weighted by Gasteiger charge is -2.18. The van der Waals surface area contributed by atoms with E-state index >= 15 is 0 Å². The van der Waals surface area contributed by atoms with Gasteiger partial charge in [0.05, 0.1) is 0 Å². The van der Waals surface area contributed by atoms with Gasteiger partial charge in [0, 0.05) is 19.3 Å². The summed E-state index contributed by atoms with van der Waals surface area (Å²) in [5, 5.41) is 3.53. The fraction of sp³-hybridized carbons (Fsp3) is 1.00. The Morgan fingerprint density at radius 3 is 2.40 bits per heavy atom. The molecule has 0 saturated heterocycles. The summed E-state index contributed by atoms with van der Waals surface area (Å²) in [7, 11) is 0. The first-order valence-corrected chi connectivity index (χ1v) is 6.51. The largest absolute Gasteiger partial charge is 0.382 e. The highest BCUT2D eigenvalue weighted by Gasteiger charge is 2.07. The van der Waals surface area contributed by atoms with E-state index in [2.05, 4.69) is 33.0 Å². The van der Waals surface area contributed by atoms with Gasteiger partial charge in [0.1, 0.15) is 0 Å². The van der Waals surface area contributed by atoms with Crippen LogP contribution in [0.15, 0.2) is 0 Å². The van der Waals surface area contributed by atoms with Crippen LogP contribution in [0, 0.1) is 5.92 Å². The van der Waals surface area contributed by atoms with Crippen LogP contribution in [-0.2, 0) is 4.74 Å². The van der Waals surface area contributed by atoms with Crippen LogP contribution in [0.1, 0.15) is 53.4 Å². The van der Waals surface area contributed by atoms with E-state index in [-0.39, 0.29) is 0 Å². The molecule has 2 heteroatoms. The van der Waals surface area contributed by atoms with Gasteiger partial charge in [-0.3, -0.25) is 0 Å². The second-order valence-corrected chi connectivity index (χ2v) is 4.56. The van der Waals surface area contributed by atoms with Crippen molar-refractivity contribution in [2.45, 2.75) is 59.4 Å². The van der Waals surface area contributed by atoms with E-state index in [9.17, 15) is 0 Å². The smallest absolute Gasteiger partial charge is 0.0466 e. The molecule has 2 nitrogen and oxygen atoms in total. The van der Waals surface area contributed by atoms with Crippen molar-refractivity contribution >= 4 is 0 Å². The quantitative estimate of drug-likeness (QED) is 0.565. The lowest BCUT2D eigenvalue weighted by atomic mass is 9.98. The summed E-state index contributed by atoms with van der Waals surface area (Å²) in [6.07, 6.45) is 5.14. The van der Waals surface area contributed by atoms with Crippen LogP contribution in [0.2, 0.25) is 0 Å². The van der Waals surface area contributed by atoms with Gasteiger partial charge in [0.2, 0.25) is 0 Å². The first-order valence-electron chi connectivity index (χ1n) is 6.51. The van der Waals surface area contributed by atoms with E-state index < -0.39 is 0 Å². The molecule has 1 atom stereocenters. The fourth-order valence-corrected chi connectivity index (χ4v) is 1.78. The molecular weight excluding hydrogens is 186 g/mol. The number of ether oxygens (including phenoxy) is 1. The molecule has 0 aromatic rings. The molecule has 0 rings (SSSR count). The molecule has 0 aliphatic carbocycles. The van der Waals surface area contributed by atoms with E-state index in [0.29, 0.717) is 6.04 Å². The maximum atomic E-state index is 5.37. The van der Waals surface area contributed by atoms with Crippen LogP contribution < -0.4 is 5.32 Å². The van der Waals surface area contributed by atoms with Gasteiger partial charge in [-0.25, -0.2) is 0 Å². The highest BCUT2D eigenvalue weighted by Crippen LogP contribution is 2.12. The molecule has 0 fully saturated rings. The molecule has 15 heavy (non-hydrogen) atoms. The van der Waals surface area contributed by atoms with E-state index in [0.717, 1.165) is 25.7 Å². The minimum absolute atomic E-state index is 0.608. The third-order valence-corrected chi connectivity index (χ3v) is 2.62. The van der Waals surface area contributed by atoms with Gasteiger partial charge in [0.15, 0.2) is 0 Å². The number of nitrogens with one attached hydrogen (secondary N) is 1. The normalized spacial score (nSPS) is 13.4. The molecule has 0 saturated carbocycles. The van der Waals surface area contributed by atoms with Crippen molar-refractivity contribution in [1.29, 1.82) is 0 Å². The SMILES string of the molecule is CCCC(CCCOCC)CNC(C)C. The molecule has 1 N–H and O–H groups in total. The second-order valence-electron chi connectivity index (χ2n) is 4.56. The monoisotopic (exact) mass is 215 g/mol. The minimum atomic E-state index is 0.608. The number of hydrogen-bond acceptors (Lipinski definition) is 2. The maximum Gasteiger partial charge on any atom is 0.0466 e. The molecule has 0 spiro atoms. The van der Waals surface area contributed by atoms with Crippen molar-refractivity contribution < 1.29 is 4.74 Å². The summed E-state index contributed by atoms with van der Waals surface area (Å²) in [6, 6.07) is 0.608. The molecule has 0 amide bonds. The van der Waals surface area contributed by atoms with Gasteiger partial charge in [-0.2, -0.15) is 0 Å². The Kier molecular flexibility index (Phi) is 10.4. The van der Waals surface area contributed by atoms with E-state index in [1.807, 2.05) is 0 Å². The molecule has 0 aliphatic rings. The fourth-order valence-electron chi connectivity index (χ4n) is 1.78. The predicted octanol–water partition coefficient (Wildman–Crippen LogP) is 3.22. The first kappa shape index (κ1) is 14.9. The molecule has 0 bridgehead atoms. The summed E-state index contributed by atoms with van der Waals surface area (Å²) in [5.41, 5.74) is 0. The average molecular weight is 215 g/mol. The summed E-state index contributed by atoms with van der Waals surface area (Å²) in [6.45, 7) is 11.7. The zero-order valence-corrected chi connectivity index (χ0v) is 11.0. The van der Waals surface area contributed by atoms with Crippen molar-refractivity contribution in [3.63, 3.8) is 0 Å². The van der Waals surface area contributed by atoms with E-state index in [4.69, 9.17) is 4.74 Å². The molecule has 0 aliphatic heterocycles. The van der Waals surface area contributed by atoms with Crippen molar-refractivity contribution in [2.75, 3.05) is 19.8 Å². The third kappa shape index (κ3) is 10.2. The Morgan fingerprint density at radius 1 is 1.13 bits per heavy atom. The molecule has 0 aromatic carbocycles. The van der Waals surface area contributed by atoms with Crippen molar-refractivity contribution in [1.82, 2.24) is 5.32 Å². The average Bonchev–Trinajstić information content (AvgIpc) is 2.20. The van der Waals surface area contributed by atoms with Crippen LogP contribution in [-0.4, -0.2) is 25.8 Å². The summed E-state index contributed by atoms with van der Waals surface area (Å²) < 4.78 is 5.37. The Morgan fingerprint density at radius 2 is 1.87 bits per heavy atom. The molecule has 0 radical (unpaired) electrons. The maximum absolute atomic E-state index is 5.37. The minimum Gasteiger partial charge on any atom is -0.382 e. The van der Waals surface area contributed by atoms with Gasteiger partial charge >= 0.3 is 0 Å². The summed E-state index contributed by atoms with van der Waals surface area (Å²) in [4.78, 5) is 0. The van der Waals surface area contributed by atoms with Crippen molar-refractivity contribution in [3.05, 3.63) is 0 Å². The van der Waals surface area contributed by atoms with Gasteiger partial charge < -0.3 is 10.1 Å². The Bertz CT molecular complexity index is 126. The summed E-state index contributed by atoms with van der Waals surface area (Å²) in [5.74, 6) is 0.831. The lowest BCUT2D eigenvalue weighted by Crippen LogP contribution is -2.29. The molecule has 92 valence electrons. The lowest BCUT2D eigenvalue weighted by molar-refractivity contribution is 0.138. The molecular formula is C13H29NO. The third-order valence-electron chi connectivity index (χ3n) is 2.62. The molecule has 1 unspecified atom stereocenters. The number of hydrogen-bond donors (Lipinski definition) is 1. The first-order chi connectivity index (χ1) is 7.20. The van der Waals surface area contributed by atoms with Gasteiger partial charge in [0.25, 0.3) is 0 Å². The van der Waals surface area contributed by atoms with Crippen molar-refractivity contribution in [2.24, 2.45) is 5.92 Å². The van der Waals surface area contributed by atoms with E-state index in [1.165, 1.54) is 25.7 Å².